The molecule has 0 radical (unpaired) electrons. The van der Waals surface area contributed by atoms with Crippen molar-refractivity contribution in [1.29, 1.82) is 0 Å². The van der Waals surface area contributed by atoms with E-state index in [4.69, 9.17) is 4.99 Å². The van der Waals surface area contributed by atoms with Gasteiger partial charge in [0.1, 0.15) is 0 Å². The first-order valence-corrected chi connectivity index (χ1v) is 10.1. The number of nitrogens with one attached hydrogen (secondary N) is 1. The van der Waals surface area contributed by atoms with Crippen molar-refractivity contribution >= 4 is 34.7 Å². The van der Waals surface area contributed by atoms with E-state index in [9.17, 15) is 4.79 Å². The summed E-state index contributed by atoms with van der Waals surface area (Å²) >= 11 is 1.49. The first-order valence-electron chi connectivity index (χ1n) is 9.14. The van der Waals surface area contributed by atoms with Crippen LogP contribution in [0.3, 0.4) is 0 Å². The minimum atomic E-state index is 0.102. The molecule has 1 amide bonds. The number of hydrogen-bond acceptors (Lipinski definition) is 5. The Morgan fingerprint density at radius 1 is 1.32 bits per heavy atom. The maximum absolute atomic E-state index is 12.4. The summed E-state index contributed by atoms with van der Waals surface area (Å²) in [6, 6.07) is 8.75. The number of hydrogen-bond donors (Lipinski definition) is 1. The monoisotopic (exact) mass is 356 g/mol. The van der Waals surface area contributed by atoms with Gasteiger partial charge in [0.05, 0.1) is 17.5 Å². The number of carbonyl (C=O) groups is 1. The fourth-order valence-corrected chi connectivity index (χ4v) is 4.70. The van der Waals surface area contributed by atoms with E-state index in [1.807, 2.05) is 29.4 Å². The van der Waals surface area contributed by atoms with Crippen molar-refractivity contribution in [2.75, 3.05) is 5.75 Å². The summed E-state index contributed by atoms with van der Waals surface area (Å²) < 4.78 is 0. The number of amides is 1. The number of benzene rings is 1. The molecule has 1 saturated carbocycles. The lowest BCUT2D eigenvalue weighted by Gasteiger charge is -2.31. The number of amidine groups is 1. The molecular formula is C19H24N4OS. The van der Waals surface area contributed by atoms with Gasteiger partial charge in [0.2, 0.25) is 5.91 Å². The molecule has 4 rings (SSSR count). The predicted octanol–water partition coefficient (Wildman–Crippen LogP) is 3.85. The van der Waals surface area contributed by atoms with Gasteiger partial charge in [-0.15, -0.1) is 0 Å². The van der Waals surface area contributed by atoms with E-state index in [1.165, 1.54) is 36.6 Å². The summed E-state index contributed by atoms with van der Waals surface area (Å²) in [6.07, 6.45) is 7.65. The molecule has 132 valence electrons. The molecule has 0 unspecified atom stereocenters. The molecule has 0 saturated heterocycles. The highest BCUT2D eigenvalue weighted by atomic mass is 32.2. The number of hydrazone groups is 1. The second kappa shape index (κ2) is 7.20. The molecule has 1 aromatic carbocycles. The summed E-state index contributed by atoms with van der Waals surface area (Å²) in [5.74, 6) is 1.07. The molecule has 1 aliphatic carbocycles. The maximum atomic E-state index is 12.4. The Balaban J connectivity index is 1.41. The van der Waals surface area contributed by atoms with Crippen molar-refractivity contribution in [1.82, 2.24) is 10.3 Å². The number of thioether (sulfide) groups is 1. The first kappa shape index (κ1) is 16.6. The Morgan fingerprint density at radius 2 is 2.16 bits per heavy atom. The molecule has 3 atom stereocenters. The Hall–Kier alpha value is -1.82. The molecule has 5 nitrogen and oxygen atoms in total. The van der Waals surface area contributed by atoms with Crippen LogP contribution in [0.1, 0.15) is 50.6 Å². The summed E-state index contributed by atoms with van der Waals surface area (Å²) in [5.41, 5.74) is 2.21. The molecule has 6 heteroatoms. The van der Waals surface area contributed by atoms with E-state index in [-0.39, 0.29) is 11.9 Å². The maximum Gasteiger partial charge on any atom is 0.230 e. The van der Waals surface area contributed by atoms with Gasteiger partial charge in [-0.3, -0.25) is 4.79 Å². The minimum absolute atomic E-state index is 0.102. The quantitative estimate of drug-likeness (QED) is 0.895. The van der Waals surface area contributed by atoms with Crippen molar-refractivity contribution in [2.24, 2.45) is 16.0 Å². The number of para-hydroxylation sites is 1. The van der Waals surface area contributed by atoms with Gasteiger partial charge in [0.15, 0.2) is 5.17 Å². The van der Waals surface area contributed by atoms with E-state index in [0.29, 0.717) is 17.7 Å². The smallest absolute Gasteiger partial charge is 0.230 e. The minimum Gasteiger partial charge on any atom is -0.352 e. The lowest BCUT2D eigenvalue weighted by Crippen LogP contribution is -2.42. The van der Waals surface area contributed by atoms with Crippen LogP contribution in [-0.2, 0) is 4.79 Å². The molecular weight excluding hydrogens is 332 g/mol. The van der Waals surface area contributed by atoms with Gasteiger partial charge >= 0.3 is 0 Å². The molecule has 1 fully saturated rings. The van der Waals surface area contributed by atoms with Crippen molar-refractivity contribution < 1.29 is 4.79 Å². The lowest BCUT2D eigenvalue weighted by molar-refractivity contribution is -0.119. The van der Waals surface area contributed by atoms with Crippen LogP contribution in [0.25, 0.3) is 0 Å². The van der Waals surface area contributed by atoms with E-state index >= 15 is 0 Å². The van der Waals surface area contributed by atoms with Gasteiger partial charge in [-0.2, -0.15) is 5.10 Å². The average Bonchev–Trinajstić information content (AvgIpc) is 3.12. The molecule has 0 bridgehead atoms. The second-order valence-corrected chi connectivity index (χ2v) is 8.01. The SMILES string of the molecule is C[C@H]1CCCC[C@H]1NC(=O)CSC1=Nc2ccccc2[C@H]2CC=NN12. The van der Waals surface area contributed by atoms with Crippen LogP contribution in [0.5, 0.6) is 0 Å². The molecule has 2 aliphatic heterocycles. The molecule has 25 heavy (non-hydrogen) atoms. The van der Waals surface area contributed by atoms with Crippen molar-refractivity contribution in [2.45, 2.75) is 51.1 Å². The van der Waals surface area contributed by atoms with Crippen LogP contribution in [0, 0.1) is 5.92 Å². The Labute approximate surface area is 153 Å². The van der Waals surface area contributed by atoms with Crippen LogP contribution < -0.4 is 5.32 Å². The highest BCUT2D eigenvalue weighted by molar-refractivity contribution is 8.14. The molecule has 0 spiro atoms. The summed E-state index contributed by atoms with van der Waals surface area (Å²) in [6.45, 7) is 2.24. The number of carbonyl (C=O) groups excluding carboxylic acids is 1. The second-order valence-electron chi connectivity index (χ2n) is 7.07. The van der Waals surface area contributed by atoms with E-state index in [2.05, 4.69) is 23.4 Å². The molecule has 0 aromatic heterocycles. The van der Waals surface area contributed by atoms with Crippen LogP contribution in [0.15, 0.2) is 34.4 Å². The summed E-state index contributed by atoms with van der Waals surface area (Å²) in [4.78, 5) is 17.1. The number of nitrogens with zero attached hydrogens (tertiary/aromatic N) is 3. The van der Waals surface area contributed by atoms with Gasteiger partial charge in [-0.05, 0) is 24.8 Å². The van der Waals surface area contributed by atoms with E-state index in [1.54, 1.807) is 0 Å². The highest BCUT2D eigenvalue weighted by Gasteiger charge is 2.33. The normalized spacial score (nSPS) is 27.5. The van der Waals surface area contributed by atoms with Gasteiger partial charge in [0.25, 0.3) is 0 Å². The van der Waals surface area contributed by atoms with E-state index < -0.39 is 0 Å². The molecule has 3 aliphatic rings. The summed E-state index contributed by atoms with van der Waals surface area (Å²) in [7, 11) is 0. The highest BCUT2D eigenvalue weighted by Crippen LogP contribution is 2.40. The first-order chi connectivity index (χ1) is 12.2. The standard InChI is InChI=1S/C19H24N4OS/c1-13-6-2-4-8-15(13)21-18(24)12-25-19-22-16-9-5-3-7-14(16)17-10-11-20-23(17)19/h3,5,7,9,11,13,15,17H,2,4,6,8,10,12H2,1H3,(H,21,24)/t13-,15+,17+/m0/s1. The third kappa shape index (κ3) is 3.45. The Morgan fingerprint density at radius 3 is 3.04 bits per heavy atom. The van der Waals surface area contributed by atoms with Crippen molar-refractivity contribution in [3.05, 3.63) is 29.8 Å². The van der Waals surface area contributed by atoms with Crippen LogP contribution in [-0.4, -0.2) is 34.1 Å². The molecule has 1 aromatic rings. The third-order valence-electron chi connectivity index (χ3n) is 5.33. The number of fused-ring (bicyclic) bond motifs is 3. The van der Waals surface area contributed by atoms with E-state index in [0.717, 1.165) is 23.7 Å². The summed E-state index contributed by atoms with van der Waals surface area (Å²) in [5, 5.41) is 10.5. The van der Waals surface area contributed by atoms with Crippen molar-refractivity contribution in [3.63, 3.8) is 0 Å². The molecule has 1 N–H and O–H groups in total. The average molecular weight is 356 g/mol. The van der Waals surface area contributed by atoms with Gasteiger partial charge in [-0.25, -0.2) is 10.0 Å². The van der Waals surface area contributed by atoms with Crippen LogP contribution in [0.2, 0.25) is 0 Å². The zero-order chi connectivity index (χ0) is 17.2. The Kier molecular flexibility index (Phi) is 4.79. The number of aliphatic imine (C=N–C) groups is 1. The molecule has 2 heterocycles. The van der Waals surface area contributed by atoms with Gasteiger partial charge in [0, 0.05) is 24.2 Å². The fourth-order valence-electron chi connectivity index (χ4n) is 3.89. The van der Waals surface area contributed by atoms with Crippen LogP contribution >= 0.6 is 11.8 Å². The zero-order valence-electron chi connectivity index (χ0n) is 14.5. The topological polar surface area (TPSA) is 57.1 Å². The van der Waals surface area contributed by atoms with Gasteiger partial charge < -0.3 is 5.32 Å². The van der Waals surface area contributed by atoms with Gasteiger partial charge in [-0.1, -0.05) is 49.7 Å². The number of rotatable bonds is 3. The Bertz CT molecular complexity index is 717. The third-order valence-corrected chi connectivity index (χ3v) is 6.27. The largest absolute Gasteiger partial charge is 0.352 e. The zero-order valence-corrected chi connectivity index (χ0v) is 15.3. The fraction of sp³-hybridized carbons (Fsp3) is 0.526. The van der Waals surface area contributed by atoms with Crippen molar-refractivity contribution in [3.8, 4) is 0 Å². The lowest BCUT2D eigenvalue weighted by atomic mass is 9.86. The van der Waals surface area contributed by atoms with Crippen LogP contribution in [0.4, 0.5) is 5.69 Å². The predicted molar refractivity (Wildman–Crippen MR) is 103 cm³/mol.